The van der Waals surface area contributed by atoms with Crippen molar-refractivity contribution >= 4 is 5.97 Å². The third-order valence-electron chi connectivity index (χ3n) is 4.49. The molecule has 24 heavy (non-hydrogen) atoms. The molecule has 5 nitrogen and oxygen atoms in total. The fraction of sp³-hybridized carbons (Fsp3) is 0.316. The molecule has 0 aliphatic carbocycles. The van der Waals surface area contributed by atoms with E-state index in [0.717, 1.165) is 6.42 Å². The van der Waals surface area contributed by atoms with Gasteiger partial charge in [0.2, 0.25) is 0 Å². The molecule has 0 fully saturated rings. The van der Waals surface area contributed by atoms with Crippen LogP contribution in [0.1, 0.15) is 22.7 Å². The predicted molar refractivity (Wildman–Crippen MR) is 90.5 cm³/mol. The lowest BCUT2D eigenvalue weighted by molar-refractivity contribution is -0.144. The van der Waals surface area contributed by atoms with Gasteiger partial charge in [0, 0.05) is 18.7 Å². The number of methoxy groups -OCH3 is 2. The molecule has 0 radical (unpaired) electrons. The summed E-state index contributed by atoms with van der Waals surface area (Å²) in [4.78, 5) is 14.0. The summed E-state index contributed by atoms with van der Waals surface area (Å²) >= 11 is 0. The van der Waals surface area contributed by atoms with E-state index in [1.54, 1.807) is 32.4 Å². The van der Waals surface area contributed by atoms with Crippen LogP contribution in [0.4, 0.5) is 0 Å². The second-order valence-electron chi connectivity index (χ2n) is 5.84. The van der Waals surface area contributed by atoms with Gasteiger partial charge in [0.15, 0.2) is 0 Å². The summed E-state index contributed by atoms with van der Waals surface area (Å²) in [6.07, 6.45) is 0.840. The smallest absolute Gasteiger partial charge is 0.325 e. The minimum atomic E-state index is -0.888. The summed E-state index contributed by atoms with van der Waals surface area (Å²) in [6.45, 7) is 1.29. The first-order chi connectivity index (χ1) is 11.6. The van der Waals surface area contributed by atoms with E-state index >= 15 is 0 Å². The summed E-state index contributed by atoms with van der Waals surface area (Å²) in [5, 5.41) is 9.87. The molecular weight excluding hydrogens is 306 g/mol. The van der Waals surface area contributed by atoms with Crippen molar-refractivity contribution in [3.8, 4) is 11.5 Å². The first-order valence-corrected chi connectivity index (χ1v) is 7.89. The van der Waals surface area contributed by atoms with Crippen molar-refractivity contribution < 1.29 is 19.4 Å². The van der Waals surface area contributed by atoms with Gasteiger partial charge in [-0.2, -0.15) is 0 Å². The molecule has 0 saturated carbocycles. The van der Waals surface area contributed by atoms with Gasteiger partial charge < -0.3 is 14.6 Å². The van der Waals surface area contributed by atoms with Gasteiger partial charge in [-0.1, -0.05) is 24.3 Å². The van der Waals surface area contributed by atoms with E-state index in [1.807, 2.05) is 17.0 Å². The Balaban J connectivity index is 1.98. The fourth-order valence-electron chi connectivity index (χ4n) is 3.28. The molecule has 1 heterocycles. The van der Waals surface area contributed by atoms with E-state index in [4.69, 9.17) is 9.47 Å². The Kier molecular flexibility index (Phi) is 4.71. The maximum Gasteiger partial charge on any atom is 0.325 e. The molecule has 1 aliphatic heterocycles. The number of ether oxygens (including phenoxy) is 2. The number of fused-ring (bicyclic) bond motifs is 1. The summed E-state index contributed by atoms with van der Waals surface area (Å²) < 4.78 is 10.7. The molecule has 0 saturated heterocycles. The van der Waals surface area contributed by atoms with Crippen molar-refractivity contribution in [1.29, 1.82) is 0 Å². The molecule has 0 aromatic heterocycles. The highest BCUT2D eigenvalue weighted by molar-refractivity contribution is 5.77. The lowest BCUT2D eigenvalue weighted by Crippen LogP contribution is -2.38. The van der Waals surface area contributed by atoms with Gasteiger partial charge in [0.1, 0.15) is 17.5 Å². The van der Waals surface area contributed by atoms with Crippen molar-refractivity contribution in [1.82, 2.24) is 4.90 Å². The van der Waals surface area contributed by atoms with Gasteiger partial charge in [-0.15, -0.1) is 0 Å². The number of carbonyl (C=O) groups is 1. The van der Waals surface area contributed by atoms with Crippen LogP contribution in [0.15, 0.2) is 42.5 Å². The van der Waals surface area contributed by atoms with Crippen molar-refractivity contribution in [3.63, 3.8) is 0 Å². The number of hydrogen-bond donors (Lipinski definition) is 1. The van der Waals surface area contributed by atoms with Crippen LogP contribution in [0.5, 0.6) is 11.5 Å². The normalized spacial score (nSPS) is 15.4. The summed E-state index contributed by atoms with van der Waals surface area (Å²) in [7, 11) is 3.12. The van der Waals surface area contributed by atoms with Gasteiger partial charge in [-0.05, 0) is 35.7 Å². The predicted octanol–water partition coefficient (Wildman–Crippen LogP) is 2.89. The van der Waals surface area contributed by atoms with Crippen LogP contribution in [0.3, 0.4) is 0 Å². The Hall–Kier alpha value is -2.53. The van der Waals surface area contributed by atoms with E-state index in [2.05, 4.69) is 12.1 Å². The van der Waals surface area contributed by atoms with E-state index in [1.165, 1.54) is 11.1 Å². The topological polar surface area (TPSA) is 59.0 Å². The van der Waals surface area contributed by atoms with Crippen LogP contribution in [0.25, 0.3) is 0 Å². The number of benzene rings is 2. The number of carboxylic acids is 1. The molecule has 1 atom stereocenters. The van der Waals surface area contributed by atoms with E-state index in [9.17, 15) is 9.90 Å². The van der Waals surface area contributed by atoms with Gasteiger partial charge in [0.05, 0.1) is 14.2 Å². The third-order valence-corrected chi connectivity index (χ3v) is 4.49. The van der Waals surface area contributed by atoms with Crippen LogP contribution < -0.4 is 9.47 Å². The highest BCUT2D eigenvalue weighted by atomic mass is 16.5. The molecule has 2 aromatic carbocycles. The van der Waals surface area contributed by atoms with Crippen LogP contribution in [-0.4, -0.2) is 36.7 Å². The number of nitrogens with zero attached hydrogens (tertiary/aromatic N) is 1. The van der Waals surface area contributed by atoms with Gasteiger partial charge in [-0.25, -0.2) is 0 Å². The number of aliphatic carboxylic acids is 1. The van der Waals surface area contributed by atoms with Crippen molar-refractivity contribution in [2.75, 3.05) is 20.8 Å². The van der Waals surface area contributed by atoms with Crippen molar-refractivity contribution in [2.45, 2.75) is 19.0 Å². The van der Waals surface area contributed by atoms with Crippen molar-refractivity contribution in [2.24, 2.45) is 0 Å². The molecule has 0 spiro atoms. The fourth-order valence-corrected chi connectivity index (χ4v) is 3.28. The van der Waals surface area contributed by atoms with Gasteiger partial charge in [0.25, 0.3) is 0 Å². The summed E-state index contributed by atoms with van der Waals surface area (Å²) in [5.74, 6) is 0.289. The molecule has 0 bridgehead atoms. The summed E-state index contributed by atoms with van der Waals surface area (Å²) in [6, 6.07) is 12.7. The van der Waals surface area contributed by atoms with Crippen LogP contribution in [0, 0.1) is 0 Å². The standard InChI is InChI=1S/C19H21NO4/c1-23-15-7-8-17(24-2)16(11-15)18(19(21)22)20-10-9-13-5-3-4-6-14(13)12-20/h3-8,11,18H,9-10,12H2,1-2H3,(H,21,22)/t18-/m1/s1. The van der Waals surface area contributed by atoms with E-state index < -0.39 is 12.0 Å². The lowest BCUT2D eigenvalue weighted by Gasteiger charge is -2.34. The average Bonchev–Trinajstić information content (AvgIpc) is 2.61. The highest BCUT2D eigenvalue weighted by Gasteiger charge is 2.32. The largest absolute Gasteiger partial charge is 0.497 e. The first-order valence-electron chi connectivity index (χ1n) is 7.89. The molecular formula is C19H21NO4. The Labute approximate surface area is 141 Å². The van der Waals surface area contributed by atoms with Gasteiger partial charge >= 0.3 is 5.97 Å². The Morgan fingerprint density at radius 2 is 1.88 bits per heavy atom. The Bertz CT molecular complexity index is 744. The van der Waals surface area contributed by atoms with Crippen LogP contribution >= 0.6 is 0 Å². The zero-order valence-electron chi connectivity index (χ0n) is 13.9. The highest BCUT2D eigenvalue weighted by Crippen LogP contribution is 2.35. The second-order valence-corrected chi connectivity index (χ2v) is 5.84. The van der Waals surface area contributed by atoms with E-state index in [0.29, 0.717) is 30.2 Å². The molecule has 2 aromatic rings. The quantitative estimate of drug-likeness (QED) is 0.915. The molecule has 5 heteroatoms. The maximum absolute atomic E-state index is 12.0. The van der Waals surface area contributed by atoms with E-state index in [-0.39, 0.29) is 0 Å². The Morgan fingerprint density at radius 3 is 2.54 bits per heavy atom. The van der Waals surface area contributed by atoms with Crippen LogP contribution in [0.2, 0.25) is 0 Å². The molecule has 1 aliphatic rings. The minimum Gasteiger partial charge on any atom is -0.497 e. The zero-order chi connectivity index (χ0) is 17.1. The second kappa shape index (κ2) is 6.93. The monoisotopic (exact) mass is 327 g/mol. The lowest BCUT2D eigenvalue weighted by atomic mass is 9.96. The Morgan fingerprint density at radius 1 is 1.12 bits per heavy atom. The number of hydrogen-bond acceptors (Lipinski definition) is 4. The summed E-state index contributed by atoms with van der Waals surface area (Å²) in [5.41, 5.74) is 3.08. The maximum atomic E-state index is 12.0. The number of carboxylic acid groups (broad SMARTS) is 1. The SMILES string of the molecule is COc1ccc(OC)c([C@H](C(=O)O)N2CCc3ccccc3C2)c1. The molecule has 3 rings (SSSR count). The molecule has 0 unspecified atom stereocenters. The average molecular weight is 327 g/mol. The van der Waals surface area contributed by atoms with Crippen LogP contribution in [-0.2, 0) is 17.8 Å². The molecule has 126 valence electrons. The third kappa shape index (κ3) is 3.08. The number of rotatable bonds is 5. The van der Waals surface area contributed by atoms with Gasteiger partial charge in [-0.3, -0.25) is 9.69 Å². The van der Waals surface area contributed by atoms with Crippen molar-refractivity contribution in [3.05, 3.63) is 59.2 Å². The zero-order valence-corrected chi connectivity index (χ0v) is 13.9. The first kappa shape index (κ1) is 16.3. The molecule has 0 amide bonds. The molecule has 1 N–H and O–H groups in total. The minimum absolute atomic E-state index is 0.557.